The van der Waals surface area contributed by atoms with Gasteiger partial charge in [0.2, 0.25) is 0 Å². The second kappa shape index (κ2) is 9.05. The molecule has 0 bridgehead atoms. The molecule has 0 unspecified atom stereocenters. The molecule has 164 valence electrons. The number of benzene rings is 2. The van der Waals surface area contributed by atoms with Crippen LogP contribution in [0.2, 0.25) is 0 Å². The molecule has 0 aliphatic heterocycles. The summed E-state index contributed by atoms with van der Waals surface area (Å²) in [6.07, 6.45) is 1.68. The molecule has 1 amide bonds. The van der Waals surface area contributed by atoms with E-state index < -0.39 is 0 Å². The number of aromatic nitrogens is 3. The van der Waals surface area contributed by atoms with Gasteiger partial charge in [-0.25, -0.2) is 4.98 Å². The average molecular weight is 520 g/mol. The van der Waals surface area contributed by atoms with Crippen molar-refractivity contribution in [1.29, 1.82) is 0 Å². The standard InChI is InChI=1S/C24H18BrN5O2S/c25-19-13-27-30-22(11-20(29-23(19)30)18-6-1-2-7-21(18)31)26-12-15-4-3-5-17(10-15)28-24(32)16-8-9-33-14-16/h1-11,13-14,26,31H,12H2,(H,28,32). The number of carbonyl (C=O) groups is 1. The molecule has 0 aliphatic carbocycles. The van der Waals surface area contributed by atoms with Gasteiger partial charge in [-0.1, -0.05) is 24.3 Å². The number of amides is 1. The van der Waals surface area contributed by atoms with Gasteiger partial charge in [0.15, 0.2) is 5.65 Å². The first-order chi connectivity index (χ1) is 16.1. The lowest BCUT2D eigenvalue weighted by Gasteiger charge is -2.12. The minimum absolute atomic E-state index is 0.133. The van der Waals surface area contributed by atoms with Gasteiger partial charge in [0, 0.05) is 29.2 Å². The fourth-order valence-electron chi connectivity index (χ4n) is 3.44. The SMILES string of the molecule is O=C(Nc1cccc(CNc2cc(-c3ccccc3O)nc3c(Br)cnn23)c1)c1ccsc1. The molecule has 0 fully saturated rings. The Hall–Kier alpha value is -3.69. The molecule has 5 aromatic rings. The molecule has 0 spiro atoms. The van der Waals surface area contributed by atoms with E-state index in [2.05, 4.69) is 36.6 Å². The van der Waals surface area contributed by atoms with Crippen molar-refractivity contribution in [2.45, 2.75) is 6.54 Å². The molecule has 0 aliphatic rings. The van der Waals surface area contributed by atoms with E-state index in [-0.39, 0.29) is 11.7 Å². The summed E-state index contributed by atoms with van der Waals surface area (Å²) < 4.78 is 2.46. The number of halogens is 1. The van der Waals surface area contributed by atoms with Crippen molar-refractivity contribution in [2.75, 3.05) is 10.6 Å². The zero-order chi connectivity index (χ0) is 22.8. The first-order valence-electron chi connectivity index (χ1n) is 10.1. The summed E-state index contributed by atoms with van der Waals surface area (Å²) in [6.45, 7) is 0.499. The predicted molar refractivity (Wildman–Crippen MR) is 134 cm³/mol. The second-order valence-electron chi connectivity index (χ2n) is 7.29. The number of carbonyl (C=O) groups excluding carboxylic acids is 1. The highest BCUT2D eigenvalue weighted by molar-refractivity contribution is 9.10. The number of rotatable bonds is 6. The molecule has 0 radical (unpaired) electrons. The van der Waals surface area contributed by atoms with Gasteiger partial charge in [-0.2, -0.15) is 21.0 Å². The minimum Gasteiger partial charge on any atom is -0.507 e. The van der Waals surface area contributed by atoms with Gasteiger partial charge >= 0.3 is 0 Å². The lowest BCUT2D eigenvalue weighted by molar-refractivity contribution is 0.102. The van der Waals surface area contributed by atoms with E-state index in [0.717, 1.165) is 21.5 Å². The van der Waals surface area contributed by atoms with Crippen LogP contribution in [0, 0.1) is 0 Å². The molecule has 9 heteroatoms. The summed E-state index contributed by atoms with van der Waals surface area (Å²) in [5.74, 6) is 0.743. The largest absolute Gasteiger partial charge is 0.507 e. The molecule has 3 heterocycles. The number of thiophene rings is 1. The normalized spacial score (nSPS) is 10.9. The van der Waals surface area contributed by atoms with E-state index in [9.17, 15) is 9.90 Å². The van der Waals surface area contributed by atoms with Gasteiger partial charge in [0.1, 0.15) is 11.6 Å². The quantitative estimate of drug-likeness (QED) is 0.264. The Bertz CT molecular complexity index is 1450. The maximum absolute atomic E-state index is 12.4. The lowest BCUT2D eigenvalue weighted by Crippen LogP contribution is -2.11. The van der Waals surface area contributed by atoms with E-state index >= 15 is 0 Å². The van der Waals surface area contributed by atoms with Gasteiger partial charge in [-0.05, 0) is 57.2 Å². The smallest absolute Gasteiger partial charge is 0.256 e. The Morgan fingerprint density at radius 2 is 2.00 bits per heavy atom. The maximum Gasteiger partial charge on any atom is 0.256 e. The number of anilines is 2. The molecule has 3 N–H and O–H groups in total. The Morgan fingerprint density at radius 3 is 2.82 bits per heavy atom. The third-order valence-corrected chi connectivity index (χ3v) is 6.29. The van der Waals surface area contributed by atoms with E-state index in [1.165, 1.54) is 11.3 Å². The summed E-state index contributed by atoms with van der Waals surface area (Å²) in [6, 6.07) is 18.4. The molecule has 2 aromatic carbocycles. The number of phenols is 1. The van der Waals surface area contributed by atoms with E-state index in [4.69, 9.17) is 0 Å². The van der Waals surface area contributed by atoms with Crippen LogP contribution in [0.1, 0.15) is 15.9 Å². The zero-order valence-electron chi connectivity index (χ0n) is 17.2. The number of fused-ring (bicyclic) bond motifs is 1. The zero-order valence-corrected chi connectivity index (χ0v) is 19.6. The van der Waals surface area contributed by atoms with Crippen LogP contribution < -0.4 is 10.6 Å². The predicted octanol–water partition coefficient (Wildman–Crippen LogP) is 5.79. The van der Waals surface area contributed by atoms with Crippen molar-refractivity contribution in [1.82, 2.24) is 14.6 Å². The number of hydrogen-bond donors (Lipinski definition) is 3. The van der Waals surface area contributed by atoms with Crippen LogP contribution in [-0.4, -0.2) is 25.6 Å². The van der Waals surface area contributed by atoms with Crippen molar-refractivity contribution >= 4 is 50.3 Å². The number of nitrogens with zero attached hydrogens (tertiary/aromatic N) is 3. The van der Waals surface area contributed by atoms with Crippen LogP contribution in [0.4, 0.5) is 11.5 Å². The first-order valence-corrected chi connectivity index (χ1v) is 11.8. The van der Waals surface area contributed by atoms with Crippen LogP contribution in [0.3, 0.4) is 0 Å². The monoisotopic (exact) mass is 519 g/mol. The first kappa shape index (κ1) is 21.2. The molecule has 33 heavy (non-hydrogen) atoms. The van der Waals surface area contributed by atoms with Crippen molar-refractivity contribution in [3.05, 3.63) is 93.2 Å². The molecular formula is C24H18BrN5O2S. The van der Waals surface area contributed by atoms with Gasteiger partial charge in [-0.3, -0.25) is 4.79 Å². The van der Waals surface area contributed by atoms with Crippen LogP contribution >= 0.6 is 27.3 Å². The summed E-state index contributed by atoms with van der Waals surface area (Å²) in [5.41, 5.74) is 4.24. The molecule has 3 aromatic heterocycles. The minimum atomic E-state index is -0.133. The highest BCUT2D eigenvalue weighted by atomic mass is 79.9. The van der Waals surface area contributed by atoms with Crippen LogP contribution in [0.15, 0.2) is 82.1 Å². The van der Waals surface area contributed by atoms with E-state index in [1.807, 2.05) is 53.2 Å². The van der Waals surface area contributed by atoms with Gasteiger partial charge in [0.25, 0.3) is 5.91 Å². The number of para-hydroxylation sites is 1. The third kappa shape index (κ3) is 4.46. The fraction of sp³-hybridized carbons (Fsp3) is 0.0417. The van der Waals surface area contributed by atoms with Crippen LogP contribution in [-0.2, 0) is 6.54 Å². The summed E-state index contributed by atoms with van der Waals surface area (Å²) >= 11 is 4.98. The fourth-order valence-corrected chi connectivity index (χ4v) is 4.42. The molecule has 0 atom stereocenters. The Labute approximate surface area is 201 Å². The summed E-state index contributed by atoms with van der Waals surface area (Å²) in [4.78, 5) is 17.0. The topological polar surface area (TPSA) is 91.5 Å². The second-order valence-corrected chi connectivity index (χ2v) is 8.93. The van der Waals surface area contributed by atoms with Crippen molar-refractivity contribution in [2.24, 2.45) is 0 Å². The average Bonchev–Trinajstić information content (AvgIpc) is 3.49. The van der Waals surface area contributed by atoms with Crippen molar-refractivity contribution in [3.8, 4) is 17.0 Å². The Kier molecular flexibility index (Phi) is 5.80. The Balaban J connectivity index is 1.41. The van der Waals surface area contributed by atoms with Crippen LogP contribution in [0.5, 0.6) is 5.75 Å². The number of nitrogens with one attached hydrogen (secondary N) is 2. The van der Waals surface area contributed by atoms with Gasteiger partial charge in [-0.15, -0.1) is 0 Å². The molecule has 5 rings (SSSR count). The number of aromatic hydroxyl groups is 1. The highest BCUT2D eigenvalue weighted by Crippen LogP contribution is 2.31. The molecular weight excluding hydrogens is 502 g/mol. The number of hydrogen-bond acceptors (Lipinski definition) is 6. The number of phenolic OH excluding ortho intramolecular Hbond substituents is 1. The van der Waals surface area contributed by atoms with E-state index in [0.29, 0.717) is 29.0 Å². The summed E-state index contributed by atoms with van der Waals surface area (Å²) in [5, 5.41) is 24.7. The lowest BCUT2D eigenvalue weighted by atomic mass is 10.1. The molecule has 7 nitrogen and oxygen atoms in total. The van der Waals surface area contributed by atoms with Gasteiger partial charge in [0.05, 0.1) is 21.9 Å². The highest BCUT2D eigenvalue weighted by Gasteiger charge is 2.14. The van der Waals surface area contributed by atoms with Crippen molar-refractivity contribution in [3.63, 3.8) is 0 Å². The van der Waals surface area contributed by atoms with Gasteiger partial charge < -0.3 is 15.7 Å². The molecule has 0 saturated heterocycles. The maximum atomic E-state index is 12.4. The third-order valence-electron chi connectivity index (χ3n) is 5.05. The van der Waals surface area contributed by atoms with Crippen LogP contribution in [0.25, 0.3) is 16.9 Å². The Morgan fingerprint density at radius 1 is 1.12 bits per heavy atom. The molecule has 0 saturated carbocycles. The van der Waals surface area contributed by atoms with E-state index in [1.54, 1.807) is 28.9 Å². The summed E-state index contributed by atoms with van der Waals surface area (Å²) in [7, 11) is 0. The van der Waals surface area contributed by atoms with Crippen molar-refractivity contribution < 1.29 is 9.90 Å².